The van der Waals surface area contributed by atoms with Gasteiger partial charge in [-0.1, -0.05) is 18.2 Å². The van der Waals surface area contributed by atoms with E-state index in [1.807, 2.05) is 6.07 Å². The molecule has 0 heterocycles. The molecule has 0 aromatic heterocycles. The highest BCUT2D eigenvalue weighted by Gasteiger charge is 2.41. The van der Waals surface area contributed by atoms with Crippen molar-refractivity contribution in [1.29, 1.82) is 0 Å². The molecule has 0 unspecified atom stereocenters. The van der Waals surface area contributed by atoms with E-state index in [-0.39, 0.29) is 0 Å². The second-order valence-electron chi connectivity index (χ2n) is 4.40. The van der Waals surface area contributed by atoms with E-state index >= 15 is 0 Å². The molecule has 2 rings (SSSR count). The third-order valence-corrected chi connectivity index (χ3v) is 3.16. The van der Waals surface area contributed by atoms with Crippen LogP contribution in [-0.2, 0) is 0 Å². The van der Waals surface area contributed by atoms with Crippen molar-refractivity contribution >= 4 is 5.69 Å². The van der Waals surface area contributed by atoms with Crippen LogP contribution in [0.3, 0.4) is 0 Å². The zero-order valence-corrected chi connectivity index (χ0v) is 8.74. The molecule has 1 aromatic rings. The molecule has 2 nitrogen and oxygen atoms in total. The highest BCUT2D eigenvalue weighted by Crippen LogP contribution is 2.45. The van der Waals surface area contributed by atoms with Gasteiger partial charge in [-0.15, -0.1) is 0 Å². The van der Waals surface area contributed by atoms with Gasteiger partial charge in [-0.2, -0.15) is 0 Å². The van der Waals surface area contributed by atoms with Crippen molar-refractivity contribution in [2.24, 2.45) is 11.1 Å². The highest BCUT2D eigenvalue weighted by atomic mass is 15.1. The Hall–Kier alpha value is -1.02. The summed E-state index contributed by atoms with van der Waals surface area (Å²) >= 11 is 0. The summed E-state index contributed by atoms with van der Waals surface area (Å²) in [6.45, 7) is 1.91. The Bertz CT molecular complexity index is 290. The lowest BCUT2D eigenvalue weighted by Crippen LogP contribution is -2.31. The Morgan fingerprint density at radius 1 is 1.29 bits per heavy atom. The van der Waals surface area contributed by atoms with E-state index in [0.717, 1.165) is 13.1 Å². The lowest BCUT2D eigenvalue weighted by molar-refractivity contribution is 0.523. The van der Waals surface area contributed by atoms with Gasteiger partial charge < -0.3 is 10.6 Å². The quantitative estimate of drug-likeness (QED) is 0.785. The minimum atomic E-state index is 0.421. The maximum atomic E-state index is 5.77. The molecule has 0 radical (unpaired) electrons. The summed E-state index contributed by atoms with van der Waals surface area (Å²) in [6, 6.07) is 10.5. The van der Waals surface area contributed by atoms with Crippen LogP contribution in [0, 0.1) is 5.41 Å². The topological polar surface area (TPSA) is 29.3 Å². The zero-order valence-electron chi connectivity index (χ0n) is 8.74. The van der Waals surface area contributed by atoms with E-state index in [0.29, 0.717) is 5.41 Å². The first kappa shape index (κ1) is 9.53. The molecular formula is C12H18N2. The van der Waals surface area contributed by atoms with Gasteiger partial charge in [-0.25, -0.2) is 0 Å². The van der Waals surface area contributed by atoms with Gasteiger partial charge in [0.15, 0.2) is 0 Å². The fraction of sp³-hybridized carbons (Fsp3) is 0.500. The predicted octanol–water partition coefficient (Wildman–Crippen LogP) is 1.86. The smallest absolute Gasteiger partial charge is 0.0363 e. The molecule has 14 heavy (non-hydrogen) atoms. The summed E-state index contributed by atoms with van der Waals surface area (Å²) in [5, 5.41) is 0. The second kappa shape index (κ2) is 3.62. The number of rotatable bonds is 4. The number of benzene rings is 1. The van der Waals surface area contributed by atoms with Crippen molar-refractivity contribution in [3.63, 3.8) is 0 Å². The van der Waals surface area contributed by atoms with Crippen LogP contribution in [0.5, 0.6) is 0 Å². The lowest BCUT2D eigenvalue weighted by atomic mass is 10.1. The number of hydrogen-bond acceptors (Lipinski definition) is 2. The molecule has 1 aliphatic carbocycles. The maximum Gasteiger partial charge on any atom is 0.0363 e. The van der Waals surface area contributed by atoms with Gasteiger partial charge in [0.25, 0.3) is 0 Å². The van der Waals surface area contributed by atoms with Crippen molar-refractivity contribution in [3.05, 3.63) is 30.3 Å². The highest BCUT2D eigenvalue weighted by molar-refractivity contribution is 5.45. The predicted molar refractivity (Wildman–Crippen MR) is 60.4 cm³/mol. The molecule has 1 aromatic carbocycles. The summed E-state index contributed by atoms with van der Waals surface area (Å²) in [5.41, 5.74) is 7.47. The molecule has 0 saturated heterocycles. The summed E-state index contributed by atoms with van der Waals surface area (Å²) in [5.74, 6) is 0. The van der Waals surface area contributed by atoms with Crippen LogP contribution in [0.1, 0.15) is 12.8 Å². The van der Waals surface area contributed by atoms with E-state index in [1.165, 1.54) is 18.5 Å². The molecule has 0 spiro atoms. The van der Waals surface area contributed by atoms with Crippen LogP contribution in [0.15, 0.2) is 30.3 Å². The Morgan fingerprint density at radius 3 is 2.43 bits per heavy atom. The fourth-order valence-corrected chi connectivity index (χ4v) is 1.88. The maximum absolute atomic E-state index is 5.77. The van der Waals surface area contributed by atoms with Gasteiger partial charge >= 0.3 is 0 Å². The third-order valence-electron chi connectivity index (χ3n) is 3.16. The number of nitrogens with zero attached hydrogens (tertiary/aromatic N) is 1. The number of para-hydroxylation sites is 1. The molecule has 1 fully saturated rings. The van der Waals surface area contributed by atoms with Crippen molar-refractivity contribution < 1.29 is 0 Å². The van der Waals surface area contributed by atoms with Gasteiger partial charge in [0, 0.05) is 24.7 Å². The summed E-state index contributed by atoms with van der Waals surface area (Å²) < 4.78 is 0. The Morgan fingerprint density at radius 2 is 1.93 bits per heavy atom. The molecule has 1 saturated carbocycles. The SMILES string of the molecule is CN(CC1(CN)CC1)c1ccccc1. The van der Waals surface area contributed by atoms with Crippen LogP contribution >= 0.6 is 0 Å². The first-order chi connectivity index (χ1) is 6.76. The Balaban J connectivity index is 1.99. The lowest BCUT2D eigenvalue weighted by Gasteiger charge is -2.24. The van der Waals surface area contributed by atoms with Gasteiger partial charge in [0.2, 0.25) is 0 Å². The molecule has 0 bridgehead atoms. The fourth-order valence-electron chi connectivity index (χ4n) is 1.88. The average molecular weight is 190 g/mol. The van der Waals surface area contributed by atoms with E-state index < -0.39 is 0 Å². The normalized spacial score (nSPS) is 17.9. The molecule has 0 atom stereocenters. The van der Waals surface area contributed by atoms with Gasteiger partial charge in [-0.05, 0) is 31.5 Å². The van der Waals surface area contributed by atoms with E-state index in [4.69, 9.17) is 5.73 Å². The molecular weight excluding hydrogens is 172 g/mol. The summed E-state index contributed by atoms with van der Waals surface area (Å²) in [7, 11) is 2.14. The molecule has 2 N–H and O–H groups in total. The number of anilines is 1. The zero-order chi connectivity index (χ0) is 10.0. The second-order valence-corrected chi connectivity index (χ2v) is 4.40. The van der Waals surface area contributed by atoms with E-state index in [2.05, 4.69) is 36.2 Å². The van der Waals surface area contributed by atoms with Crippen molar-refractivity contribution in [1.82, 2.24) is 0 Å². The molecule has 0 amide bonds. The van der Waals surface area contributed by atoms with E-state index in [9.17, 15) is 0 Å². The van der Waals surface area contributed by atoms with Crippen molar-refractivity contribution in [2.45, 2.75) is 12.8 Å². The van der Waals surface area contributed by atoms with Gasteiger partial charge in [-0.3, -0.25) is 0 Å². The average Bonchev–Trinajstić information content (AvgIpc) is 3.00. The third kappa shape index (κ3) is 1.90. The first-order valence-electron chi connectivity index (χ1n) is 5.22. The summed E-state index contributed by atoms with van der Waals surface area (Å²) in [6.07, 6.45) is 2.58. The van der Waals surface area contributed by atoms with Crippen LogP contribution in [0.2, 0.25) is 0 Å². The molecule has 0 aliphatic heterocycles. The van der Waals surface area contributed by atoms with Crippen molar-refractivity contribution in [2.75, 3.05) is 25.0 Å². The molecule has 1 aliphatic rings. The minimum absolute atomic E-state index is 0.421. The first-order valence-corrected chi connectivity index (χ1v) is 5.22. The number of hydrogen-bond donors (Lipinski definition) is 1. The largest absolute Gasteiger partial charge is 0.374 e. The monoisotopic (exact) mass is 190 g/mol. The van der Waals surface area contributed by atoms with Crippen LogP contribution in [0.25, 0.3) is 0 Å². The van der Waals surface area contributed by atoms with Crippen LogP contribution in [-0.4, -0.2) is 20.1 Å². The Labute approximate surface area is 85.7 Å². The number of nitrogens with two attached hydrogens (primary N) is 1. The standard InChI is InChI=1S/C12H18N2/c1-14(10-12(9-13)7-8-12)11-5-3-2-4-6-11/h2-6H,7-10,13H2,1H3. The minimum Gasteiger partial charge on any atom is -0.374 e. The molecule has 2 heteroatoms. The van der Waals surface area contributed by atoms with Crippen molar-refractivity contribution in [3.8, 4) is 0 Å². The van der Waals surface area contributed by atoms with Gasteiger partial charge in [0.1, 0.15) is 0 Å². The van der Waals surface area contributed by atoms with E-state index in [1.54, 1.807) is 0 Å². The summed E-state index contributed by atoms with van der Waals surface area (Å²) in [4.78, 5) is 2.31. The van der Waals surface area contributed by atoms with Crippen LogP contribution in [0.4, 0.5) is 5.69 Å². The van der Waals surface area contributed by atoms with Gasteiger partial charge in [0.05, 0.1) is 0 Å². The molecule has 76 valence electrons. The Kier molecular flexibility index (Phi) is 2.46. The van der Waals surface area contributed by atoms with Crippen LogP contribution < -0.4 is 10.6 Å².